The Kier molecular flexibility index (Phi) is 6.49. The van der Waals surface area contributed by atoms with Gasteiger partial charge in [-0.1, -0.05) is 36.4 Å². The van der Waals surface area contributed by atoms with Gasteiger partial charge in [-0.15, -0.1) is 10.2 Å². The molecule has 0 atom stereocenters. The summed E-state index contributed by atoms with van der Waals surface area (Å²) in [6, 6.07) is 12.3. The number of benzene rings is 2. The molecule has 8 heteroatoms. The van der Waals surface area contributed by atoms with Gasteiger partial charge in [0.15, 0.2) is 0 Å². The van der Waals surface area contributed by atoms with E-state index in [2.05, 4.69) is 32.5 Å². The molecule has 2 rings (SSSR count). The Hall–Kier alpha value is -3.68. The maximum atomic E-state index is 5.33. The van der Waals surface area contributed by atoms with Crippen LogP contribution in [-0.4, -0.2) is 23.3 Å². The van der Waals surface area contributed by atoms with Crippen molar-refractivity contribution in [2.24, 2.45) is 43.3 Å². The van der Waals surface area contributed by atoms with E-state index in [1.807, 2.05) is 52.0 Å². The molecule has 0 bridgehead atoms. The van der Waals surface area contributed by atoms with Crippen LogP contribution in [0.2, 0.25) is 0 Å². The number of hydrogen-bond donors (Lipinski definition) is 4. The van der Waals surface area contributed by atoms with Crippen molar-refractivity contribution in [3.63, 3.8) is 0 Å². The van der Waals surface area contributed by atoms with E-state index >= 15 is 0 Å². The van der Waals surface area contributed by atoms with Crippen molar-refractivity contribution in [1.29, 1.82) is 0 Å². The molecule has 0 aliphatic rings. The molecule has 146 valence electrons. The number of nitrogens with two attached hydrogens (primary N) is 4. The number of rotatable bonds is 5. The highest BCUT2D eigenvalue weighted by Crippen LogP contribution is 2.25. The molecule has 0 heterocycles. The predicted octanol–water partition coefficient (Wildman–Crippen LogP) is 1.97. The fourth-order valence-electron chi connectivity index (χ4n) is 2.87. The summed E-state index contributed by atoms with van der Waals surface area (Å²) in [5.74, 6) is -0.134. The lowest BCUT2D eigenvalue weighted by atomic mass is 9.95. The summed E-state index contributed by atoms with van der Waals surface area (Å²) in [5, 5.41) is 15.5. The minimum atomic E-state index is -0.0668. The van der Waals surface area contributed by atoms with Crippen LogP contribution in [0, 0.1) is 13.8 Å². The first kappa shape index (κ1) is 20.6. The zero-order valence-electron chi connectivity index (χ0n) is 16.6. The normalized spacial score (nSPS) is 11.9. The first-order valence-corrected chi connectivity index (χ1v) is 8.68. The van der Waals surface area contributed by atoms with E-state index in [9.17, 15) is 0 Å². The minimum Gasteiger partial charge on any atom is -0.369 e. The second-order valence-corrected chi connectivity index (χ2v) is 6.48. The molecular formula is C20H26N8. The van der Waals surface area contributed by atoms with Crippen molar-refractivity contribution in [3.05, 3.63) is 58.7 Å². The van der Waals surface area contributed by atoms with Gasteiger partial charge in [-0.05, 0) is 49.9 Å². The Bertz CT molecular complexity index is 910. The third kappa shape index (κ3) is 5.16. The van der Waals surface area contributed by atoms with E-state index in [1.54, 1.807) is 0 Å². The van der Waals surface area contributed by atoms with E-state index in [0.717, 1.165) is 44.8 Å². The summed E-state index contributed by atoms with van der Waals surface area (Å²) in [7, 11) is 0. The van der Waals surface area contributed by atoms with Gasteiger partial charge in [0.05, 0.1) is 11.4 Å². The number of aryl methyl sites for hydroxylation is 2. The standard InChI is InChI=1S/C20H26N8/c1-11-9-15(5-7-17(11)13(3)25-27-19(21)22)16-6-8-18(12(2)10-16)14(4)26-28-20(23)24/h5-10H,1-4H3,(H4,21,22,27)(H4,23,24,28). The van der Waals surface area contributed by atoms with Gasteiger partial charge < -0.3 is 22.9 Å². The molecule has 0 amide bonds. The fourth-order valence-corrected chi connectivity index (χ4v) is 2.87. The molecule has 28 heavy (non-hydrogen) atoms. The molecule has 0 aromatic heterocycles. The molecule has 0 radical (unpaired) electrons. The first-order chi connectivity index (χ1) is 13.2. The Morgan fingerprint density at radius 1 is 0.607 bits per heavy atom. The first-order valence-electron chi connectivity index (χ1n) is 8.68. The molecular weight excluding hydrogens is 352 g/mol. The van der Waals surface area contributed by atoms with Crippen molar-refractivity contribution in [2.75, 3.05) is 0 Å². The lowest BCUT2D eigenvalue weighted by Gasteiger charge is -2.11. The maximum Gasteiger partial charge on any atom is 0.211 e. The van der Waals surface area contributed by atoms with Gasteiger partial charge in [0, 0.05) is 11.1 Å². The van der Waals surface area contributed by atoms with Crippen LogP contribution in [0.1, 0.15) is 36.1 Å². The monoisotopic (exact) mass is 378 g/mol. The third-order valence-corrected chi connectivity index (χ3v) is 4.20. The van der Waals surface area contributed by atoms with Gasteiger partial charge in [0.25, 0.3) is 0 Å². The molecule has 8 nitrogen and oxygen atoms in total. The molecule has 0 aliphatic heterocycles. The van der Waals surface area contributed by atoms with Crippen molar-refractivity contribution in [3.8, 4) is 11.1 Å². The Labute approximate surface area is 164 Å². The largest absolute Gasteiger partial charge is 0.369 e. The van der Waals surface area contributed by atoms with Crippen molar-refractivity contribution in [2.45, 2.75) is 27.7 Å². The lowest BCUT2D eigenvalue weighted by molar-refractivity contribution is 1.19. The summed E-state index contributed by atoms with van der Waals surface area (Å²) in [6.45, 7) is 7.79. The highest BCUT2D eigenvalue weighted by molar-refractivity contribution is 6.01. The molecule has 0 unspecified atom stereocenters. The molecule has 0 saturated heterocycles. The van der Waals surface area contributed by atoms with Gasteiger partial charge in [-0.25, -0.2) is 0 Å². The zero-order valence-corrected chi connectivity index (χ0v) is 16.6. The van der Waals surface area contributed by atoms with Crippen LogP contribution in [0.3, 0.4) is 0 Å². The lowest BCUT2D eigenvalue weighted by Crippen LogP contribution is -2.22. The van der Waals surface area contributed by atoms with E-state index in [1.165, 1.54) is 0 Å². The summed E-state index contributed by atoms with van der Waals surface area (Å²) in [5.41, 5.74) is 29.2. The summed E-state index contributed by atoms with van der Waals surface area (Å²) >= 11 is 0. The van der Waals surface area contributed by atoms with Crippen LogP contribution in [0.25, 0.3) is 11.1 Å². The number of nitrogens with zero attached hydrogens (tertiary/aromatic N) is 4. The minimum absolute atomic E-state index is 0.0668. The van der Waals surface area contributed by atoms with E-state index in [4.69, 9.17) is 22.9 Å². The summed E-state index contributed by atoms with van der Waals surface area (Å²) in [6.07, 6.45) is 0. The van der Waals surface area contributed by atoms with Gasteiger partial charge in [0.2, 0.25) is 11.9 Å². The number of guanidine groups is 2. The number of hydrogen-bond acceptors (Lipinski definition) is 4. The average molecular weight is 378 g/mol. The topological polar surface area (TPSA) is 154 Å². The zero-order chi connectivity index (χ0) is 20.8. The van der Waals surface area contributed by atoms with E-state index in [-0.39, 0.29) is 11.9 Å². The Morgan fingerprint density at radius 3 is 1.25 bits per heavy atom. The molecule has 0 fully saturated rings. The summed E-state index contributed by atoms with van der Waals surface area (Å²) < 4.78 is 0. The van der Waals surface area contributed by atoms with Crippen molar-refractivity contribution in [1.82, 2.24) is 0 Å². The highest BCUT2D eigenvalue weighted by Gasteiger charge is 2.08. The molecule has 0 aliphatic carbocycles. The quantitative estimate of drug-likeness (QED) is 0.357. The third-order valence-electron chi connectivity index (χ3n) is 4.20. The van der Waals surface area contributed by atoms with Gasteiger partial charge in [-0.3, -0.25) is 0 Å². The molecule has 2 aromatic carbocycles. The summed E-state index contributed by atoms with van der Waals surface area (Å²) in [4.78, 5) is 0. The highest BCUT2D eigenvalue weighted by atomic mass is 15.3. The van der Waals surface area contributed by atoms with E-state index < -0.39 is 0 Å². The van der Waals surface area contributed by atoms with Crippen molar-refractivity contribution >= 4 is 23.3 Å². The van der Waals surface area contributed by atoms with Gasteiger partial charge in [0.1, 0.15) is 0 Å². The predicted molar refractivity (Wildman–Crippen MR) is 117 cm³/mol. The van der Waals surface area contributed by atoms with Gasteiger partial charge >= 0.3 is 0 Å². The van der Waals surface area contributed by atoms with E-state index in [0.29, 0.717) is 0 Å². The van der Waals surface area contributed by atoms with Crippen LogP contribution in [0.5, 0.6) is 0 Å². The van der Waals surface area contributed by atoms with Gasteiger partial charge in [-0.2, -0.15) is 10.2 Å². The Morgan fingerprint density at radius 2 is 0.964 bits per heavy atom. The second kappa shape index (κ2) is 8.81. The second-order valence-electron chi connectivity index (χ2n) is 6.48. The van der Waals surface area contributed by atoms with Crippen LogP contribution in [0.4, 0.5) is 0 Å². The molecule has 0 spiro atoms. The molecule has 0 saturated carbocycles. The maximum absolute atomic E-state index is 5.33. The average Bonchev–Trinajstić information content (AvgIpc) is 2.63. The Balaban J connectivity index is 2.36. The smallest absolute Gasteiger partial charge is 0.211 e. The van der Waals surface area contributed by atoms with Crippen LogP contribution >= 0.6 is 0 Å². The van der Waals surface area contributed by atoms with Crippen LogP contribution in [0.15, 0.2) is 56.8 Å². The van der Waals surface area contributed by atoms with Crippen LogP contribution in [-0.2, 0) is 0 Å². The molecule has 2 aromatic rings. The molecule has 8 N–H and O–H groups in total. The SMILES string of the molecule is CC(=NN=C(N)N)c1ccc(-c2ccc(C(C)=NN=C(N)N)c(C)c2)cc1C. The van der Waals surface area contributed by atoms with Crippen molar-refractivity contribution < 1.29 is 0 Å². The fraction of sp³-hybridized carbons (Fsp3) is 0.200. The van der Waals surface area contributed by atoms with Crippen LogP contribution < -0.4 is 22.9 Å².